The minimum Gasteiger partial charge on any atom is -0.441 e. The Morgan fingerprint density at radius 1 is 1.42 bits per heavy atom. The van der Waals surface area contributed by atoms with Gasteiger partial charge in [0, 0.05) is 30.4 Å². The number of imidazole rings is 1. The molecule has 164 valence electrons. The highest BCUT2D eigenvalue weighted by molar-refractivity contribution is 5.67. The maximum Gasteiger partial charge on any atom is 0.407 e. The minimum atomic E-state index is -1.51. The highest BCUT2D eigenvalue weighted by atomic mass is 19.1. The van der Waals surface area contributed by atoms with E-state index >= 15 is 0 Å². The van der Waals surface area contributed by atoms with Crippen LogP contribution in [-0.2, 0) is 9.47 Å². The number of carbonyl (C=O) groups excluding carboxylic acids is 1. The number of fused-ring (bicyclic) bond motifs is 1. The molecule has 3 aromatic rings. The predicted octanol–water partition coefficient (Wildman–Crippen LogP) is 2.99. The molecule has 3 atom stereocenters. The van der Waals surface area contributed by atoms with Gasteiger partial charge in [-0.2, -0.15) is 5.10 Å². The summed E-state index contributed by atoms with van der Waals surface area (Å²) >= 11 is 0. The Morgan fingerprint density at radius 3 is 3.03 bits per heavy atom. The Labute approximate surface area is 177 Å². The number of hydrogen-bond acceptors (Lipinski definition) is 7. The fourth-order valence-electron chi connectivity index (χ4n) is 3.61. The number of carbonyl (C=O) groups is 1. The fraction of sp³-hybridized carbons (Fsp3) is 0.500. The van der Waals surface area contributed by atoms with Crippen molar-refractivity contribution in [3.05, 3.63) is 35.9 Å². The summed E-state index contributed by atoms with van der Waals surface area (Å²) in [6.45, 7) is 3.57. The van der Waals surface area contributed by atoms with Gasteiger partial charge in [-0.05, 0) is 32.8 Å². The molecule has 31 heavy (non-hydrogen) atoms. The van der Waals surface area contributed by atoms with Crippen molar-refractivity contribution in [3.63, 3.8) is 0 Å². The molecule has 3 aromatic heterocycles. The van der Waals surface area contributed by atoms with Gasteiger partial charge in [-0.1, -0.05) is 0 Å². The molecule has 10 nitrogen and oxygen atoms in total. The van der Waals surface area contributed by atoms with Crippen molar-refractivity contribution in [3.8, 4) is 0 Å². The molecule has 0 unspecified atom stereocenters. The summed E-state index contributed by atoms with van der Waals surface area (Å²) in [5, 5.41) is 12.7. The van der Waals surface area contributed by atoms with Crippen LogP contribution in [-0.4, -0.2) is 55.6 Å². The first-order chi connectivity index (χ1) is 15.0. The number of amides is 1. The van der Waals surface area contributed by atoms with Gasteiger partial charge >= 0.3 is 6.09 Å². The largest absolute Gasteiger partial charge is 0.441 e. The number of nitrogens with one attached hydrogen (secondary N) is 3. The maximum absolute atomic E-state index is 14.8. The van der Waals surface area contributed by atoms with Crippen molar-refractivity contribution >= 4 is 23.5 Å². The van der Waals surface area contributed by atoms with E-state index < -0.39 is 24.5 Å². The third-order valence-electron chi connectivity index (χ3n) is 5.29. The summed E-state index contributed by atoms with van der Waals surface area (Å²) < 4.78 is 27.4. The third-order valence-corrected chi connectivity index (χ3v) is 5.29. The zero-order chi connectivity index (χ0) is 21.5. The fourth-order valence-corrected chi connectivity index (χ4v) is 3.61. The first-order valence-electron chi connectivity index (χ1n) is 10.4. The molecule has 2 fully saturated rings. The topological polar surface area (TPSA) is 118 Å². The Balaban J connectivity index is 1.27. The zero-order valence-electron chi connectivity index (χ0n) is 17.2. The molecule has 4 heterocycles. The van der Waals surface area contributed by atoms with Crippen molar-refractivity contribution in [1.29, 1.82) is 0 Å². The number of anilines is 2. The van der Waals surface area contributed by atoms with E-state index in [-0.39, 0.29) is 12.6 Å². The van der Waals surface area contributed by atoms with Crippen LogP contribution in [0.1, 0.15) is 50.1 Å². The van der Waals surface area contributed by atoms with E-state index in [2.05, 4.69) is 30.8 Å². The molecule has 1 aliphatic heterocycles. The number of nitrogens with zero attached hydrogens (tertiary/aromatic N) is 4. The van der Waals surface area contributed by atoms with Gasteiger partial charge in [0.25, 0.3) is 0 Å². The molecular formula is C20H24FN7O3. The van der Waals surface area contributed by atoms with Crippen LogP contribution in [0.4, 0.5) is 21.0 Å². The van der Waals surface area contributed by atoms with E-state index in [0.29, 0.717) is 23.4 Å². The Bertz CT molecular complexity index is 1090. The number of H-pyrrole nitrogens is 1. The summed E-state index contributed by atoms with van der Waals surface area (Å²) in [5.41, 5.74) is 2.31. The van der Waals surface area contributed by atoms with E-state index in [1.54, 1.807) is 26.1 Å². The second-order valence-corrected chi connectivity index (χ2v) is 8.21. The molecule has 0 spiro atoms. The summed E-state index contributed by atoms with van der Waals surface area (Å²) in [5.74, 6) is 1.56. The lowest BCUT2D eigenvalue weighted by Gasteiger charge is -2.16. The average Bonchev–Trinajstić information content (AvgIpc) is 3.14. The summed E-state index contributed by atoms with van der Waals surface area (Å²) in [7, 11) is 0. The number of alkyl carbamates (subject to hydrolysis) is 1. The molecule has 1 saturated carbocycles. The van der Waals surface area contributed by atoms with Gasteiger partial charge in [-0.3, -0.25) is 9.50 Å². The molecular weight excluding hydrogens is 405 g/mol. The average molecular weight is 429 g/mol. The Hall–Kier alpha value is -3.21. The van der Waals surface area contributed by atoms with Crippen molar-refractivity contribution in [2.75, 3.05) is 11.9 Å². The van der Waals surface area contributed by atoms with Crippen LogP contribution in [0.3, 0.4) is 0 Å². The number of hydrogen-bond donors (Lipinski definition) is 3. The molecule has 1 amide bonds. The van der Waals surface area contributed by atoms with Crippen LogP contribution in [0.5, 0.6) is 0 Å². The molecule has 1 aliphatic carbocycles. The van der Waals surface area contributed by atoms with E-state index in [1.807, 2.05) is 16.7 Å². The van der Waals surface area contributed by atoms with Crippen molar-refractivity contribution in [2.24, 2.45) is 0 Å². The van der Waals surface area contributed by atoms with Crippen LogP contribution < -0.4 is 10.6 Å². The number of aromatic nitrogens is 5. The monoisotopic (exact) mass is 429 g/mol. The minimum absolute atomic E-state index is 0.0288. The Kier molecular flexibility index (Phi) is 4.97. The van der Waals surface area contributed by atoms with Gasteiger partial charge in [0.2, 0.25) is 5.95 Å². The molecule has 11 heteroatoms. The van der Waals surface area contributed by atoms with Crippen LogP contribution in [0, 0.1) is 0 Å². The highest BCUT2D eigenvalue weighted by Gasteiger charge is 2.42. The number of rotatable bonds is 6. The molecule has 5 rings (SSSR count). The molecule has 2 aliphatic rings. The van der Waals surface area contributed by atoms with Crippen molar-refractivity contribution < 1.29 is 18.7 Å². The van der Waals surface area contributed by atoms with Crippen LogP contribution in [0.25, 0.3) is 5.65 Å². The van der Waals surface area contributed by atoms with E-state index in [9.17, 15) is 9.18 Å². The van der Waals surface area contributed by atoms with Crippen molar-refractivity contribution in [1.82, 2.24) is 29.9 Å². The molecule has 0 radical (unpaired) electrons. The summed E-state index contributed by atoms with van der Waals surface area (Å²) in [6.07, 6.45) is 1.93. The Morgan fingerprint density at radius 2 is 2.26 bits per heavy atom. The summed E-state index contributed by atoms with van der Waals surface area (Å²) in [6, 6.07) is 3.41. The number of ether oxygens (including phenoxy) is 2. The first kappa shape index (κ1) is 19.7. The number of halogens is 1. The van der Waals surface area contributed by atoms with Gasteiger partial charge in [0.15, 0.2) is 18.1 Å². The van der Waals surface area contributed by atoms with Gasteiger partial charge < -0.3 is 20.1 Å². The lowest BCUT2D eigenvalue weighted by Crippen LogP contribution is -2.36. The van der Waals surface area contributed by atoms with Crippen LogP contribution in [0.15, 0.2) is 24.5 Å². The third kappa shape index (κ3) is 4.05. The standard InChI is InChI=1S/C20H24FN7O3/c1-10(2)23-20(29)31-14-9-30-18(17(14)21)12-7-15(27-26-12)25-19-22-6-5-16-24-13(8-28(16)19)11-3-4-11/h5-8,10-11,14,17-18H,3-4,9H2,1-2H3,(H,23,29)(H2,22,25,26,27)/t14-,17-,18-/m0/s1. The predicted molar refractivity (Wildman–Crippen MR) is 109 cm³/mol. The molecule has 0 aromatic carbocycles. The second kappa shape index (κ2) is 7.80. The van der Waals surface area contributed by atoms with E-state index in [4.69, 9.17) is 9.47 Å². The van der Waals surface area contributed by atoms with Gasteiger partial charge in [0.1, 0.15) is 11.8 Å². The van der Waals surface area contributed by atoms with E-state index in [1.165, 1.54) is 12.8 Å². The molecule has 3 N–H and O–H groups in total. The zero-order valence-corrected chi connectivity index (χ0v) is 17.2. The lowest BCUT2D eigenvalue weighted by atomic mass is 10.1. The maximum atomic E-state index is 14.8. The molecule has 1 saturated heterocycles. The smallest absolute Gasteiger partial charge is 0.407 e. The number of aromatic amines is 1. The second-order valence-electron chi connectivity index (χ2n) is 8.21. The van der Waals surface area contributed by atoms with Gasteiger partial charge in [-0.25, -0.2) is 19.2 Å². The summed E-state index contributed by atoms with van der Waals surface area (Å²) in [4.78, 5) is 20.8. The highest BCUT2D eigenvalue weighted by Crippen LogP contribution is 2.39. The van der Waals surface area contributed by atoms with Crippen LogP contribution >= 0.6 is 0 Å². The SMILES string of the molecule is CC(C)NC(=O)O[C@H]1CO[C@@H](c2cc(Nc3nccc4nc(C5CC5)cn34)n[nH]2)[C@H]1F. The number of alkyl halides is 1. The van der Waals surface area contributed by atoms with Crippen molar-refractivity contribution in [2.45, 2.75) is 57.0 Å². The van der Waals surface area contributed by atoms with Crippen LogP contribution in [0.2, 0.25) is 0 Å². The quantitative estimate of drug-likeness (QED) is 0.551. The normalized spacial score (nSPS) is 23.4. The van der Waals surface area contributed by atoms with Gasteiger partial charge in [0.05, 0.1) is 18.0 Å². The van der Waals surface area contributed by atoms with Gasteiger partial charge in [-0.15, -0.1) is 0 Å². The first-order valence-corrected chi connectivity index (χ1v) is 10.4. The lowest BCUT2D eigenvalue weighted by molar-refractivity contribution is 0.0615. The molecule has 0 bridgehead atoms. The van der Waals surface area contributed by atoms with E-state index in [0.717, 1.165) is 11.3 Å².